The molecule has 0 amide bonds. The summed E-state index contributed by atoms with van der Waals surface area (Å²) in [6.45, 7) is 4.06. The summed E-state index contributed by atoms with van der Waals surface area (Å²) >= 11 is 3.29. The third kappa shape index (κ3) is 3.77. The van der Waals surface area contributed by atoms with E-state index in [0.717, 1.165) is 16.5 Å². The topological polar surface area (TPSA) is 65.2 Å². The summed E-state index contributed by atoms with van der Waals surface area (Å²) in [4.78, 5) is 16.7. The quantitative estimate of drug-likeness (QED) is 0.813. The van der Waals surface area contributed by atoms with Crippen LogP contribution in [0.4, 0.5) is 0 Å². The van der Waals surface area contributed by atoms with Gasteiger partial charge in [0.15, 0.2) is 0 Å². The monoisotopic (exact) mass is 260 g/mol. The second-order valence-corrected chi connectivity index (χ2v) is 5.71. The number of ether oxygens (including phenoxy) is 1. The van der Waals surface area contributed by atoms with E-state index < -0.39 is 6.04 Å². The van der Waals surface area contributed by atoms with Gasteiger partial charge in [-0.15, -0.1) is 11.3 Å². The fourth-order valence-corrected chi connectivity index (χ4v) is 3.06. The van der Waals surface area contributed by atoms with E-state index in [9.17, 15) is 4.79 Å². The van der Waals surface area contributed by atoms with E-state index in [2.05, 4.69) is 16.6 Å². The Labute approximate surface area is 104 Å². The average Bonchev–Trinajstić information content (AvgIpc) is 2.57. The third-order valence-corrected chi connectivity index (χ3v) is 4.43. The number of nitrogens with zero attached hydrogens (tertiary/aromatic N) is 1. The lowest BCUT2D eigenvalue weighted by Crippen LogP contribution is -2.33. The van der Waals surface area contributed by atoms with Crippen molar-refractivity contribution in [3.63, 3.8) is 0 Å². The molecule has 1 heterocycles. The first kappa shape index (κ1) is 13.5. The van der Waals surface area contributed by atoms with Crippen LogP contribution in [0.15, 0.2) is 0 Å². The number of nitrogens with two attached hydrogens (primary N) is 1. The highest BCUT2D eigenvalue weighted by molar-refractivity contribution is 7.98. The zero-order valence-electron chi connectivity index (χ0n) is 9.65. The van der Waals surface area contributed by atoms with Crippen LogP contribution in [0.5, 0.6) is 0 Å². The number of aryl methyl sites for hydroxylation is 2. The van der Waals surface area contributed by atoms with Gasteiger partial charge in [-0.05, 0) is 13.8 Å². The molecule has 0 aliphatic carbocycles. The van der Waals surface area contributed by atoms with Crippen molar-refractivity contribution >= 4 is 29.1 Å². The van der Waals surface area contributed by atoms with Gasteiger partial charge < -0.3 is 10.5 Å². The van der Waals surface area contributed by atoms with Crippen molar-refractivity contribution in [1.29, 1.82) is 0 Å². The van der Waals surface area contributed by atoms with E-state index in [0.29, 0.717) is 5.75 Å². The number of methoxy groups -OCH3 is 1. The number of aromatic nitrogens is 1. The summed E-state index contributed by atoms with van der Waals surface area (Å²) in [5.74, 6) is 0.994. The predicted molar refractivity (Wildman–Crippen MR) is 67.7 cm³/mol. The number of hydrogen-bond donors (Lipinski definition) is 1. The van der Waals surface area contributed by atoms with Gasteiger partial charge in [-0.2, -0.15) is 11.8 Å². The van der Waals surface area contributed by atoms with E-state index in [1.54, 1.807) is 23.1 Å². The minimum atomic E-state index is -0.544. The van der Waals surface area contributed by atoms with E-state index >= 15 is 0 Å². The number of esters is 1. The lowest BCUT2D eigenvalue weighted by atomic mass is 10.4. The van der Waals surface area contributed by atoms with Crippen molar-refractivity contribution in [3.05, 3.63) is 15.6 Å². The summed E-state index contributed by atoms with van der Waals surface area (Å²) in [7, 11) is 1.35. The van der Waals surface area contributed by atoms with Gasteiger partial charge in [-0.1, -0.05) is 0 Å². The molecule has 0 aromatic carbocycles. The molecule has 16 heavy (non-hydrogen) atoms. The molecule has 1 aromatic rings. The minimum Gasteiger partial charge on any atom is -0.468 e. The Kier molecular flexibility index (Phi) is 5.24. The summed E-state index contributed by atoms with van der Waals surface area (Å²) in [6, 6.07) is -0.544. The molecule has 0 saturated heterocycles. The molecule has 0 radical (unpaired) electrons. The van der Waals surface area contributed by atoms with Gasteiger partial charge in [-0.25, -0.2) is 4.98 Å². The summed E-state index contributed by atoms with van der Waals surface area (Å²) in [5, 5.41) is 1.08. The van der Waals surface area contributed by atoms with Crippen molar-refractivity contribution in [2.75, 3.05) is 12.9 Å². The van der Waals surface area contributed by atoms with Gasteiger partial charge in [0.1, 0.15) is 11.0 Å². The lowest BCUT2D eigenvalue weighted by molar-refractivity contribution is -0.141. The molecule has 1 rings (SSSR count). The zero-order valence-corrected chi connectivity index (χ0v) is 11.3. The number of thiazole rings is 1. The number of carbonyl (C=O) groups excluding carboxylic acids is 1. The Morgan fingerprint density at radius 3 is 2.81 bits per heavy atom. The standard InChI is InChI=1S/C10H16N2O2S2/c1-6-7(2)16-9(12-6)5-15-4-8(11)10(13)14-3/h8H,4-5,11H2,1-3H3. The second-order valence-electron chi connectivity index (χ2n) is 3.39. The number of thioether (sulfide) groups is 1. The summed E-state index contributed by atoms with van der Waals surface area (Å²) in [5.41, 5.74) is 6.70. The Morgan fingerprint density at radius 1 is 1.62 bits per heavy atom. The van der Waals surface area contributed by atoms with Crippen LogP contribution in [0.1, 0.15) is 15.6 Å². The van der Waals surface area contributed by atoms with Crippen molar-refractivity contribution in [3.8, 4) is 0 Å². The average molecular weight is 260 g/mol. The van der Waals surface area contributed by atoms with Crippen molar-refractivity contribution < 1.29 is 9.53 Å². The molecule has 90 valence electrons. The van der Waals surface area contributed by atoms with Crippen LogP contribution in [0.3, 0.4) is 0 Å². The Balaban J connectivity index is 2.33. The molecule has 6 heteroatoms. The van der Waals surface area contributed by atoms with Crippen LogP contribution < -0.4 is 5.73 Å². The van der Waals surface area contributed by atoms with E-state index in [-0.39, 0.29) is 5.97 Å². The SMILES string of the molecule is COC(=O)C(N)CSCc1nc(C)c(C)s1. The highest BCUT2D eigenvalue weighted by atomic mass is 32.2. The fourth-order valence-electron chi connectivity index (χ4n) is 1.09. The second kappa shape index (κ2) is 6.22. The van der Waals surface area contributed by atoms with Crippen molar-refractivity contribution in [2.24, 2.45) is 5.73 Å². The number of hydrogen-bond acceptors (Lipinski definition) is 6. The van der Waals surface area contributed by atoms with Gasteiger partial charge >= 0.3 is 5.97 Å². The molecule has 0 saturated carbocycles. The summed E-state index contributed by atoms with van der Waals surface area (Å²) in [6.07, 6.45) is 0. The smallest absolute Gasteiger partial charge is 0.323 e. The van der Waals surface area contributed by atoms with Gasteiger partial charge in [-0.3, -0.25) is 4.79 Å². The largest absolute Gasteiger partial charge is 0.468 e. The van der Waals surface area contributed by atoms with Crippen LogP contribution in [0.2, 0.25) is 0 Å². The molecule has 1 atom stereocenters. The molecular formula is C10H16N2O2S2. The molecule has 0 aliphatic rings. The Hall–Kier alpha value is -0.590. The maximum absolute atomic E-state index is 11.0. The normalized spacial score (nSPS) is 12.5. The molecule has 0 fully saturated rings. The number of carbonyl (C=O) groups is 1. The Morgan fingerprint density at radius 2 is 2.31 bits per heavy atom. The predicted octanol–water partition coefficient (Wildman–Crippen LogP) is 1.49. The highest BCUT2D eigenvalue weighted by Crippen LogP contribution is 2.21. The van der Waals surface area contributed by atoms with Crippen LogP contribution in [0.25, 0.3) is 0 Å². The molecular weight excluding hydrogens is 244 g/mol. The maximum Gasteiger partial charge on any atom is 0.323 e. The van der Waals surface area contributed by atoms with Crippen LogP contribution in [-0.2, 0) is 15.3 Å². The fraction of sp³-hybridized carbons (Fsp3) is 0.600. The van der Waals surface area contributed by atoms with Crippen LogP contribution >= 0.6 is 23.1 Å². The minimum absolute atomic E-state index is 0.362. The molecule has 0 spiro atoms. The van der Waals surface area contributed by atoms with Gasteiger partial charge in [0.2, 0.25) is 0 Å². The molecule has 0 bridgehead atoms. The third-order valence-electron chi connectivity index (χ3n) is 2.10. The van der Waals surface area contributed by atoms with E-state index in [4.69, 9.17) is 5.73 Å². The first-order chi connectivity index (χ1) is 7.54. The Bertz CT molecular complexity index is 346. The van der Waals surface area contributed by atoms with Crippen LogP contribution in [0, 0.1) is 13.8 Å². The molecule has 1 unspecified atom stereocenters. The van der Waals surface area contributed by atoms with Crippen LogP contribution in [-0.4, -0.2) is 29.9 Å². The first-order valence-corrected chi connectivity index (χ1v) is 6.85. The van der Waals surface area contributed by atoms with Crippen molar-refractivity contribution in [2.45, 2.75) is 25.6 Å². The van der Waals surface area contributed by atoms with Gasteiger partial charge in [0.25, 0.3) is 0 Å². The molecule has 2 N–H and O–H groups in total. The summed E-state index contributed by atoms with van der Waals surface area (Å²) < 4.78 is 4.55. The molecule has 0 aliphatic heterocycles. The highest BCUT2D eigenvalue weighted by Gasteiger charge is 2.13. The van der Waals surface area contributed by atoms with E-state index in [1.807, 2.05) is 6.92 Å². The lowest BCUT2D eigenvalue weighted by Gasteiger charge is -2.07. The first-order valence-electron chi connectivity index (χ1n) is 4.88. The molecule has 4 nitrogen and oxygen atoms in total. The number of rotatable bonds is 5. The van der Waals surface area contributed by atoms with Gasteiger partial charge in [0.05, 0.1) is 12.8 Å². The maximum atomic E-state index is 11.0. The zero-order chi connectivity index (χ0) is 12.1. The van der Waals surface area contributed by atoms with E-state index in [1.165, 1.54) is 12.0 Å². The molecule has 1 aromatic heterocycles. The van der Waals surface area contributed by atoms with Gasteiger partial charge in [0, 0.05) is 16.4 Å². The van der Waals surface area contributed by atoms with Crippen molar-refractivity contribution in [1.82, 2.24) is 4.98 Å².